The van der Waals surface area contributed by atoms with E-state index in [0.717, 1.165) is 11.6 Å². The first kappa shape index (κ1) is 15.5. The fourth-order valence-corrected chi connectivity index (χ4v) is 2.45. The molecule has 0 fully saturated rings. The van der Waals surface area contributed by atoms with Gasteiger partial charge in [0.05, 0.1) is 4.92 Å². The first-order valence-electron chi connectivity index (χ1n) is 5.92. The highest BCUT2D eigenvalue weighted by Crippen LogP contribution is 2.25. The van der Waals surface area contributed by atoms with Crippen molar-refractivity contribution >= 4 is 44.8 Å². The first-order valence-corrected chi connectivity index (χ1v) is 7.42. The summed E-state index contributed by atoms with van der Waals surface area (Å²) in [6, 6.07) is 11.1. The molecule has 2 aromatic carbocycles. The van der Waals surface area contributed by atoms with Crippen LogP contribution in [-0.4, -0.2) is 10.8 Å². The quantitative estimate of drug-likeness (QED) is 0.493. The highest BCUT2D eigenvalue weighted by atomic mass is 79.9. The van der Waals surface area contributed by atoms with Gasteiger partial charge in [0.2, 0.25) is 0 Å². The van der Waals surface area contributed by atoms with Gasteiger partial charge in [0.25, 0.3) is 11.6 Å². The average Bonchev–Trinajstić information content (AvgIpc) is 2.47. The van der Waals surface area contributed by atoms with Crippen LogP contribution in [0.5, 0.6) is 0 Å². The number of carbonyl (C=O) groups is 1. The van der Waals surface area contributed by atoms with Crippen molar-refractivity contribution in [1.29, 1.82) is 0 Å². The fourth-order valence-electron chi connectivity index (χ4n) is 1.80. The molecule has 0 aliphatic carbocycles. The molecule has 2 rings (SSSR count). The van der Waals surface area contributed by atoms with Gasteiger partial charge in [-0.2, -0.15) is 0 Å². The number of hydrogen-bond acceptors (Lipinski definition) is 3. The Balaban J connectivity index is 2.35. The van der Waals surface area contributed by atoms with Crippen molar-refractivity contribution in [2.24, 2.45) is 0 Å². The fraction of sp³-hybridized carbons (Fsp3) is 0.0714. The second-order valence-corrected chi connectivity index (χ2v) is 5.16. The number of para-hydroxylation sites is 1. The molecule has 0 radical (unpaired) electrons. The lowest BCUT2D eigenvalue weighted by atomic mass is 10.1. The van der Waals surface area contributed by atoms with E-state index >= 15 is 0 Å². The molecular weight excluding hydrogens is 360 g/mol. The average molecular weight is 370 g/mol. The van der Waals surface area contributed by atoms with Crippen LogP contribution in [0.15, 0.2) is 42.5 Å². The highest BCUT2D eigenvalue weighted by Gasteiger charge is 2.21. The van der Waals surface area contributed by atoms with Gasteiger partial charge in [-0.15, -0.1) is 0 Å². The summed E-state index contributed by atoms with van der Waals surface area (Å²) in [6.07, 6.45) is 0. The zero-order valence-corrected chi connectivity index (χ0v) is 13.0. The van der Waals surface area contributed by atoms with E-state index in [1.54, 1.807) is 12.1 Å². The van der Waals surface area contributed by atoms with E-state index in [1.165, 1.54) is 12.1 Å². The molecule has 0 aliphatic rings. The molecule has 1 N–H and O–H groups in total. The van der Waals surface area contributed by atoms with E-state index in [2.05, 4.69) is 21.2 Å². The number of nitro benzene ring substituents is 1. The lowest BCUT2D eigenvalue weighted by Gasteiger charge is -2.09. The number of nitrogens with one attached hydrogen (secondary N) is 1. The normalized spacial score (nSPS) is 10.2. The summed E-state index contributed by atoms with van der Waals surface area (Å²) in [5.74, 6) is -0.549. The summed E-state index contributed by atoms with van der Waals surface area (Å²) in [4.78, 5) is 22.6. The summed E-state index contributed by atoms with van der Waals surface area (Å²) >= 11 is 9.06. The summed E-state index contributed by atoms with van der Waals surface area (Å²) in [7, 11) is 0. The van der Waals surface area contributed by atoms with E-state index in [9.17, 15) is 14.9 Å². The monoisotopic (exact) mass is 368 g/mol. The maximum Gasteiger partial charge on any atom is 0.283 e. The first-order chi connectivity index (χ1) is 10.0. The summed E-state index contributed by atoms with van der Waals surface area (Å²) in [5.41, 5.74) is 1.12. The number of carbonyl (C=O) groups excluding carboxylic acids is 1. The lowest BCUT2D eigenvalue weighted by molar-refractivity contribution is -0.385. The van der Waals surface area contributed by atoms with Gasteiger partial charge in [0, 0.05) is 22.1 Å². The molecular formula is C14H10BrClN2O3. The van der Waals surface area contributed by atoms with Gasteiger partial charge in [-0.3, -0.25) is 14.9 Å². The maximum absolute atomic E-state index is 12.2. The van der Waals surface area contributed by atoms with Gasteiger partial charge in [0.15, 0.2) is 0 Å². The van der Waals surface area contributed by atoms with Gasteiger partial charge in [0.1, 0.15) is 5.56 Å². The van der Waals surface area contributed by atoms with Crippen molar-refractivity contribution in [3.8, 4) is 0 Å². The second kappa shape index (κ2) is 6.69. The van der Waals surface area contributed by atoms with Crippen LogP contribution in [0.1, 0.15) is 15.9 Å². The predicted molar refractivity (Wildman–Crippen MR) is 85.1 cm³/mol. The zero-order chi connectivity index (χ0) is 15.4. The third-order valence-electron chi connectivity index (χ3n) is 2.81. The molecule has 0 unspecified atom stereocenters. The molecule has 0 atom stereocenters. The highest BCUT2D eigenvalue weighted by molar-refractivity contribution is 9.08. The van der Waals surface area contributed by atoms with Crippen LogP contribution in [0.4, 0.5) is 11.4 Å². The lowest BCUT2D eigenvalue weighted by Crippen LogP contribution is -2.14. The van der Waals surface area contributed by atoms with Crippen LogP contribution in [-0.2, 0) is 5.33 Å². The van der Waals surface area contributed by atoms with E-state index in [0.29, 0.717) is 11.0 Å². The molecule has 0 aromatic heterocycles. The molecule has 0 saturated carbocycles. The van der Waals surface area contributed by atoms with Crippen LogP contribution in [0.3, 0.4) is 0 Å². The number of benzene rings is 2. The molecule has 5 nitrogen and oxygen atoms in total. The second-order valence-electron chi connectivity index (χ2n) is 4.16. The minimum absolute atomic E-state index is 0.0335. The molecule has 21 heavy (non-hydrogen) atoms. The van der Waals surface area contributed by atoms with Crippen LogP contribution < -0.4 is 5.32 Å². The Kier molecular flexibility index (Phi) is 4.93. The number of nitrogens with zero attached hydrogens (tertiary/aromatic N) is 1. The van der Waals surface area contributed by atoms with Gasteiger partial charge >= 0.3 is 0 Å². The van der Waals surface area contributed by atoms with Crippen molar-refractivity contribution in [2.75, 3.05) is 5.32 Å². The number of anilines is 1. The SMILES string of the molecule is O=C(Nc1ccccc1CBr)c1ccc(Cl)cc1[N+](=O)[O-]. The van der Waals surface area contributed by atoms with Gasteiger partial charge in [-0.1, -0.05) is 45.7 Å². The standard InChI is InChI=1S/C14H10BrClN2O3/c15-8-9-3-1-2-4-12(9)17-14(19)11-6-5-10(16)7-13(11)18(20)21/h1-7H,8H2,(H,17,19). The molecule has 1 amide bonds. The zero-order valence-electron chi connectivity index (χ0n) is 10.7. The maximum atomic E-state index is 12.2. The van der Waals surface area contributed by atoms with Gasteiger partial charge in [-0.25, -0.2) is 0 Å². The third kappa shape index (κ3) is 3.59. The molecule has 0 bridgehead atoms. The minimum atomic E-state index is -0.628. The summed E-state index contributed by atoms with van der Waals surface area (Å²) < 4.78 is 0. The number of hydrogen-bond donors (Lipinski definition) is 1. The molecule has 108 valence electrons. The van der Waals surface area contributed by atoms with Crippen LogP contribution >= 0.6 is 27.5 Å². The Labute approximate surface area is 134 Å². The smallest absolute Gasteiger partial charge is 0.283 e. The van der Waals surface area contributed by atoms with Crippen LogP contribution in [0, 0.1) is 10.1 Å². The van der Waals surface area contributed by atoms with E-state index < -0.39 is 10.8 Å². The molecule has 0 saturated heterocycles. The number of halogens is 2. The molecule has 0 aliphatic heterocycles. The minimum Gasteiger partial charge on any atom is -0.321 e. The topological polar surface area (TPSA) is 72.2 Å². The Hall–Kier alpha value is -1.92. The van der Waals surface area contributed by atoms with Crippen LogP contribution in [0.25, 0.3) is 0 Å². The van der Waals surface area contributed by atoms with Crippen molar-refractivity contribution in [3.63, 3.8) is 0 Å². The number of amides is 1. The number of rotatable bonds is 4. The summed E-state index contributed by atoms with van der Waals surface area (Å²) in [5, 5.41) is 14.5. The van der Waals surface area contributed by atoms with Gasteiger partial charge < -0.3 is 5.32 Å². The summed E-state index contributed by atoms with van der Waals surface area (Å²) in [6.45, 7) is 0. The van der Waals surface area contributed by atoms with Crippen LogP contribution in [0.2, 0.25) is 5.02 Å². The Morgan fingerprint density at radius 1 is 1.29 bits per heavy atom. The molecule has 0 spiro atoms. The predicted octanol–water partition coefficient (Wildman–Crippen LogP) is 4.40. The molecule has 0 heterocycles. The Morgan fingerprint density at radius 2 is 2.00 bits per heavy atom. The third-order valence-corrected chi connectivity index (χ3v) is 3.65. The van der Waals surface area contributed by atoms with Crippen molar-refractivity contribution < 1.29 is 9.72 Å². The molecule has 2 aromatic rings. The van der Waals surface area contributed by atoms with Crippen molar-refractivity contribution in [3.05, 3.63) is 68.7 Å². The Bertz CT molecular complexity index is 706. The van der Waals surface area contributed by atoms with Gasteiger partial charge in [-0.05, 0) is 23.8 Å². The Morgan fingerprint density at radius 3 is 2.67 bits per heavy atom. The largest absolute Gasteiger partial charge is 0.321 e. The van der Waals surface area contributed by atoms with E-state index in [4.69, 9.17) is 11.6 Å². The number of nitro groups is 1. The number of alkyl halides is 1. The van der Waals surface area contributed by atoms with Crippen molar-refractivity contribution in [1.82, 2.24) is 0 Å². The molecule has 7 heteroatoms. The van der Waals surface area contributed by atoms with Crippen molar-refractivity contribution in [2.45, 2.75) is 5.33 Å². The van der Waals surface area contributed by atoms with E-state index in [-0.39, 0.29) is 16.3 Å². The van der Waals surface area contributed by atoms with E-state index in [1.807, 2.05) is 12.1 Å².